The van der Waals surface area contributed by atoms with Gasteiger partial charge in [0.1, 0.15) is 24.7 Å². The number of hydrogen-bond acceptors (Lipinski definition) is 9. The van der Waals surface area contributed by atoms with Crippen LogP contribution < -0.4 is 26.3 Å². The number of halogens is 1. The Balaban J connectivity index is 1.38. The first-order valence-corrected chi connectivity index (χ1v) is 17.4. The van der Waals surface area contributed by atoms with Gasteiger partial charge in [0.05, 0.1) is 32.2 Å². The van der Waals surface area contributed by atoms with Crippen LogP contribution in [0.15, 0.2) is 48.5 Å². The molecular weight excluding hydrogens is 628 g/mol. The lowest BCUT2D eigenvalue weighted by atomic mass is 9.99. The second-order valence-electron chi connectivity index (χ2n) is 13.4. The first kappa shape index (κ1) is 37.2. The molecule has 3 aromatic rings. The number of nitrogens with zero attached hydrogens (tertiary/aromatic N) is 5. The summed E-state index contributed by atoms with van der Waals surface area (Å²) in [5.41, 5.74) is 14.3. The second-order valence-corrected chi connectivity index (χ2v) is 13.8. The molecule has 1 aliphatic rings. The normalized spacial score (nSPS) is 15.9. The van der Waals surface area contributed by atoms with E-state index in [1.807, 2.05) is 28.2 Å². The minimum atomic E-state index is -0.368. The highest BCUT2D eigenvalue weighted by Gasteiger charge is 2.35. The Hall–Kier alpha value is -3.64. The van der Waals surface area contributed by atoms with Crippen LogP contribution in [0.25, 0.3) is 0 Å². The van der Waals surface area contributed by atoms with Crippen molar-refractivity contribution in [1.82, 2.24) is 25.1 Å². The molecule has 1 amide bonds. The van der Waals surface area contributed by atoms with Crippen molar-refractivity contribution >= 4 is 29.1 Å². The highest BCUT2D eigenvalue weighted by atomic mass is 35.5. The Morgan fingerprint density at radius 1 is 0.854 bits per heavy atom. The Kier molecular flexibility index (Phi) is 14.1. The van der Waals surface area contributed by atoms with Gasteiger partial charge < -0.3 is 40.5 Å². The molecule has 4 rings (SSSR count). The number of amides is 1. The van der Waals surface area contributed by atoms with Crippen LogP contribution in [0.3, 0.4) is 0 Å². The molecule has 1 aromatic heterocycles. The van der Waals surface area contributed by atoms with Gasteiger partial charge in [-0.25, -0.2) is 9.97 Å². The zero-order valence-corrected chi connectivity index (χ0v) is 29.8. The van der Waals surface area contributed by atoms with Crippen molar-refractivity contribution in [1.29, 1.82) is 0 Å². The van der Waals surface area contributed by atoms with E-state index >= 15 is 0 Å². The predicted molar refractivity (Wildman–Crippen MR) is 194 cm³/mol. The van der Waals surface area contributed by atoms with Crippen LogP contribution in [-0.2, 0) is 12.8 Å². The van der Waals surface area contributed by atoms with Gasteiger partial charge in [-0.2, -0.15) is 0 Å². The standard InChI is InChI=1S/C36H53ClN8O3/c1-43(2)19-24-47-30-15-11-27(12-16-30)8-5-21-45(22-6-9-28-13-17-31(18-14-28)48-25-20-44(3)4)23-7-10-29(26-45)40-36(46)32-34(38)42-35(39)33(37)41-32/h11-18,29H,5-10,19-26H2,1-4H3,(H4-,38,39,40,42,46)/p+1. The molecule has 11 nitrogen and oxygen atoms in total. The molecule has 1 unspecified atom stereocenters. The van der Waals surface area contributed by atoms with E-state index in [1.165, 1.54) is 11.1 Å². The molecule has 48 heavy (non-hydrogen) atoms. The number of rotatable bonds is 18. The van der Waals surface area contributed by atoms with Crippen molar-refractivity contribution in [2.45, 2.75) is 44.6 Å². The van der Waals surface area contributed by atoms with Gasteiger partial charge in [0.15, 0.2) is 22.5 Å². The average molecular weight is 682 g/mol. The van der Waals surface area contributed by atoms with E-state index in [2.05, 4.69) is 73.6 Å². The molecule has 0 radical (unpaired) electrons. The molecule has 12 heteroatoms. The van der Waals surface area contributed by atoms with Crippen molar-refractivity contribution in [2.75, 3.05) is 92.1 Å². The molecule has 1 saturated heterocycles. The van der Waals surface area contributed by atoms with Crippen LogP contribution >= 0.6 is 11.6 Å². The Morgan fingerprint density at radius 2 is 1.38 bits per heavy atom. The van der Waals surface area contributed by atoms with Gasteiger partial charge in [-0.15, -0.1) is 0 Å². The number of benzene rings is 2. The fourth-order valence-corrected chi connectivity index (χ4v) is 6.38. The molecule has 5 N–H and O–H groups in total. The summed E-state index contributed by atoms with van der Waals surface area (Å²) in [6.07, 6.45) is 5.98. The zero-order chi connectivity index (χ0) is 34.5. The molecule has 0 saturated carbocycles. The summed E-state index contributed by atoms with van der Waals surface area (Å²) in [6.45, 7) is 7.09. The van der Waals surface area contributed by atoms with Crippen LogP contribution in [0.4, 0.5) is 11.6 Å². The molecular formula is C36H54ClN8O3+. The number of nitrogens with two attached hydrogens (primary N) is 2. The number of likely N-dealkylation sites (N-methyl/N-ethyl adjacent to an activating group) is 2. The third kappa shape index (κ3) is 11.8. The first-order valence-electron chi connectivity index (χ1n) is 17.0. The number of anilines is 2. The van der Waals surface area contributed by atoms with E-state index in [0.29, 0.717) is 13.2 Å². The minimum Gasteiger partial charge on any atom is -0.492 e. The monoisotopic (exact) mass is 681 g/mol. The number of likely N-dealkylation sites (tertiary alicyclic amines) is 1. The van der Waals surface area contributed by atoms with Crippen molar-refractivity contribution in [3.8, 4) is 11.5 Å². The number of nitrogens with one attached hydrogen (secondary N) is 1. The lowest BCUT2D eigenvalue weighted by Crippen LogP contribution is -2.60. The second kappa shape index (κ2) is 18.2. The molecule has 262 valence electrons. The molecule has 1 fully saturated rings. The van der Waals surface area contributed by atoms with Crippen LogP contribution in [0, 0.1) is 0 Å². The van der Waals surface area contributed by atoms with Gasteiger partial charge in [0.25, 0.3) is 5.91 Å². The molecule has 1 atom stereocenters. The maximum atomic E-state index is 13.2. The zero-order valence-electron chi connectivity index (χ0n) is 29.1. The molecule has 1 aliphatic heterocycles. The molecule has 0 spiro atoms. The van der Waals surface area contributed by atoms with Crippen molar-refractivity contribution < 1.29 is 18.8 Å². The molecule has 0 bridgehead atoms. The van der Waals surface area contributed by atoms with Gasteiger partial charge in [0, 0.05) is 25.9 Å². The molecule has 0 aliphatic carbocycles. The van der Waals surface area contributed by atoms with Crippen molar-refractivity contribution in [2.24, 2.45) is 0 Å². The van der Waals surface area contributed by atoms with E-state index in [9.17, 15) is 4.79 Å². The summed E-state index contributed by atoms with van der Waals surface area (Å²) >= 11 is 6.06. The number of ether oxygens (including phenoxy) is 2. The SMILES string of the molecule is CN(C)CCOc1ccc(CCC[N+]2(CCCc3ccc(OCCN(C)C)cc3)CCCC(NC(=O)c3nc(Cl)c(N)nc3N)C2)cc1. The maximum Gasteiger partial charge on any atom is 0.274 e. The van der Waals surface area contributed by atoms with E-state index in [4.69, 9.17) is 32.5 Å². The summed E-state index contributed by atoms with van der Waals surface area (Å²) in [6, 6.07) is 16.9. The number of carbonyl (C=O) groups excluding carboxylic acids is 1. The van der Waals surface area contributed by atoms with Crippen LogP contribution in [0.2, 0.25) is 5.15 Å². The fourth-order valence-electron chi connectivity index (χ4n) is 6.26. The van der Waals surface area contributed by atoms with E-state index < -0.39 is 0 Å². The summed E-state index contributed by atoms with van der Waals surface area (Å²) in [4.78, 5) is 25.6. The van der Waals surface area contributed by atoms with Gasteiger partial charge in [0.2, 0.25) is 0 Å². The topological polar surface area (TPSA) is 132 Å². The third-order valence-corrected chi connectivity index (χ3v) is 9.18. The smallest absolute Gasteiger partial charge is 0.274 e. The van der Waals surface area contributed by atoms with Crippen LogP contribution in [0.5, 0.6) is 11.5 Å². The maximum absolute atomic E-state index is 13.2. The molecule has 2 aromatic carbocycles. The lowest BCUT2D eigenvalue weighted by Gasteiger charge is -2.45. The van der Waals surface area contributed by atoms with Gasteiger partial charge >= 0.3 is 0 Å². The quantitative estimate of drug-likeness (QED) is 0.170. The summed E-state index contributed by atoms with van der Waals surface area (Å²) in [5.74, 6) is 1.43. The number of nitrogen functional groups attached to an aromatic ring is 2. The number of piperidine rings is 1. The highest BCUT2D eigenvalue weighted by Crippen LogP contribution is 2.25. The minimum absolute atomic E-state index is 0.0112. The van der Waals surface area contributed by atoms with Gasteiger partial charge in [-0.05, 0) is 89.3 Å². The number of carbonyl (C=O) groups is 1. The number of hydrogen-bond donors (Lipinski definition) is 3. The Labute approximate surface area is 291 Å². The highest BCUT2D eigenvalue weighted by molar-refractivity contribution is 6.31. The van der Waals surface area contributed by atoms with Gasteiger partial charge in [-0.1, -0.05) is 35.9 Å². The number of aryl methyl sites for hydroxylation is 2. The van der Waals surface area contributed by atoms with Crippen molar-refractivity contribution in [3.05, 3.63) is 70.5 Å². The van der Waals surface area contributed by atoms with E-state index in [1.54, 1.807) is 0 Å². The fraction of sp³-hybridized carbons (Fsp3) is 0.528. The van der Waals surface area contributed by atoms with Gasteiger partial charge in [-0.3, -0.25) is 4.79 Å². The van der Waals surface area contributed by atoms with Crippen molar-refractivity contribution in [3.63, 3.8) is 0 Å². The third-order valence-electron chi connectivity index (χ3n) is 8.90. The Morgan fingerprint density at radius 3 is 1.88 bits per heavy atom. The summed E-state index contributed by atoms with van der Waals surface area (Å²) in [5, 5.41) is 3.16. The summed E-state index contributed by atoms with van der Waals surface area (Å²) < 4.78 is 12.7. The number of aromatic nitrogens is 2. The van der Waals surface area contributed by atoms with Crippen LogP contribution in [0.1, 0.15) is 47.3 Å². The largest absolute Gasteiger partial charge is 0.492 e. The number of quaternary nitrogens is 1. The average Bonchev–Trinajstić information content (AvgIpc) is 3.04. The predicted octanol–water partition coefficient (Wildman–Crippen LogP) is 4.15. The lowest BCUT2D eigenvalue weighted by molar-refractivity contribution is -0.933. The van der Waals surface area contributed by atoms with E-state index in [0.717, 1.165) is 93.8 Å². The van der Waals surface area contributed by atoms with E-state index in [-0.39, 0.29) is 34.4 Å². The molecule has 2 heterocycles. The Bertz CT molecular complexity index is 1370. The summed E-state index contributed by atoms with van der Waals surface area (Å²) in [7, 11) is 8.17. The first-order chi connectivity index (χ1) is 23.0. The van der Waals surface area contributed by atoms with Crippen LogP contribution in [-0.4, -0.2) is 117 Å².